The van der Waals surface area contributed by atoms with Gasteiger partial charge >= 0.3 is 6.18 Å². The minimum absolute atomic E-state index is 0.110. The summed E-state index contributed by atoms with van der Waals surface area (Å²) < 4.78 is 86.6. The quantitative estimate of drug-likeness (QED) is 0.687. The molecule has 0 bridgehead atoms. The zero-order chi connectivity index (χ0) is 22.5. The van der Waals surface area contributed by atoms with Gasteiger partial charge in [0.2, 0.25) is 10.0 Å². The van der Waals surface area contributed by atoms with E-state index in [4.69, 9.17) is 4.74 Å². The zero-order valence-electron chi connectivity index (χ0n) is 16.2. The topological polar surface area (TPSA) is 89.4 Å². The third kappa shape index (κ3) is 4.35. The van der Waals surface area contributed by atoms with E-state index in [1.807, 2.05) is 0 Å². The van der Waals surface area contributed by atoms with Crippen molar-refractivity contribution in [2.45, 2.75) is 30.5 Å². The zero-order valence-corrected chi connectivity index (χ0v) is 17.0. The number of rotatable bonds is 5. The monoisotopic (exact) mass is 449 g/mol. The molecule has 0 saturated carbocycles. The standard InChI is InChI=1S/C18H19F4N3O4S/c1-10-4-11(5-13(15(10)19)18(20,21)22)23-16(26)14-6-12(7-25(14)3)30(27,28)24-17(2)8-29-9-17/h4-7,24H,8-9H2,1-3H3,(H,23,26). The summed E-state index contributed by atoms with van der Waals surface area (Å²) in [4.78, 5) is 12.4. The lowest BCUT2D eigenvalue weighted by Crippen LogP contribution is -2.59. The molecular formula is C18H19F4N3O4S. The van der Waals surface area contributed by atoms with Gasteiger partial charge in [0.25, 0.3) is 5.91 Å². The number of carbonyl (C=O) groups is 1. The van der Waals surface area contributed by atoms with Crippen molar-refractivity contribution in [2.24, 2.45) is 7.05 Å². The van der Waals surface area contributed by atoms with Crippen LogP contribution in [0.3, 0.4) is 0 Å². The van der Waals surface area contributed by atoms with Crippen LogP contribution in [0.4, 0.5) is 23.2 Å². The fourth-order valence-corrected chi connectivity index (χ4v) is 4.45. The highest BCUT2D eigenvalue weighted by Gasteiger charge is 2.38. The maximum atomic E-state index is 13.8. The number of aryl methyl sites for hydroxylation is 2. The van der Waals surface area contributed by atoms with Crippen LogP contribution < -0.4 is 10.0 Å². The molecular weight excluding hydrogens is 430 g/mol. The first-order valence-electron chi connectivity index (χ1n) is 8.69. The van der Waals surface area contributed by atoms with Gasteiger partial charge in [-0.25, -0.2) is 17.5 Å². The minimum atomic E-state index is -4.94. The summed E-state index contributed by atoms with van der Waals surface area (Å²) in [6.45, 7) is 3.22. The number of alkyl halides is 3. The summed E-state index contributed by atoms with van der Waals surface area (Å²) >= 11 is 0. The van der Waals surface area contributed by atoms with Gasteiger partial charge in [-0.2, -0.15) is 13.2 Å². The Labute approximate surface area is 170 Å². The molecule has 164 valence electrons. The average molecular weight is 449 g/mol. The number of ether oxygens (including phenoxy) is 1. The molecule has 0 unspecified atom stereocenters. The number of anilines is 1. The van der Waals surface area contributed by atoms with Gasteiger partial charge in [-0.05, 0) is 37.6 Å². The minimum Gasteiger partial charge on any atom is -0.377 e. The van der Waals surface area contributed by atoms with Gasteiger partial charge in [-0.1, -0.05) is 0 Å². The van der Waals surface area contributed by atoms with Crippen LogP contribution >= 0.6 is 0 Å². The van der Waals surface area contributed by atoms with E-state index in [-0.39, 0.29) is 35.1 Å². The van der Waals surface area contributed by atoms with Crippen LogP contribution in [0, 0.1) is 12.7 Å². The van der Waals surface area contributed by atoms with Crippen LogP contribution in [0.1, 0.15) is 28.5 Å². The van der Waals surface area contributed by atoms with E-state index in [2.05, 4.69) is 10.0 Å². The summed E-state index contributed by atoms with van der Waals surface area (Å²) in [5.74, 6) is -2.27. The number of aromatic nitrogens is 1. The third-order valence-corrected chi connectivity index (χ3v) is 6.17. The van der Waals surface area contributed by atoms with Crippen LogP contribution in [0.5, 0.6) is 0 Å². The number of carbonyl (C=O) groups excluding carboxylic acids is 1. The molecule has 0 aliphatic carbocycles. The maximum absolute atomic E-state index is 13.8. The fraction of sp³-hybridized carbons (Fsp3) is 0.389. The highest BCUT2D eigenvalue weighted by Crippen LogP contribution is 2.34. The van der Waals surface area contributed by atoms with Crippen LogP contribution in [0.25, 0.3) is 0 Å². The summed E-state index contributed by atoms with van der Waals surface area (Å²) in [6, 6.07) is 2.64. The summed E-state index contributed by atoms with van der Waals surface area (Å²) in [7, 11) is -2.54. The molecule has 0 atom stereocenters. The predicted molar refractivity (Wildman–Crippen MR) is 99.1 cm³/mol. The van der Waals surface area contributed by atoms with Crippen molar-refractivity contribution in [3.8, 4) is 0 Å². The van der Waals surface area contributed by atoms with Crippen molar-refractivity contribution in [1.29, 1.82) is 0 Å². The van der Waals surface area contributed by atoms with Crippen LogP contribution in [0.2, 0.25) is 0 Å². The lowest BCUT2D eigenvalue weighted by molar-refractivity contribution is -0.140. The van der Waals surface area contributed by atoms with Crippen molar-refractivity contribution in [3.05, 3.63) is 47.0 Å². The van der Waals surface area contributed by atoms with Crippen molar-refractivity contribution >= 4 is 21.6 Å². The molecule has 1 fully saturated rings. The SMILES string of the molecule is Cc1cc(NC(=O)c2cc(S(=O)(=O)NC3(C)COC3)cn2C)cc(C(F)(F)F)c1F. The fourth-order valence-electron chi connectivity index (χ4n) is 3.00. The smallest absolute Gasteiger partial charge is 0.377 e. The molecule has 3 rings (SSSR count). The molecule has 1 amide bonds. The van der Waals surface area contributed by atoms with Gasteiger partial charge in [0.1, 0.15) is 16.4 Å². The number of benzene rings is 1. The largest absolute Gasteiger partial charge is 0.419 e. The molecule has 2 aromatic rings. The van der Waals surface area contributed by atoms with Gasteiger partial charge in [0, 0.05) is 18.9 Å². The molecule has 0 spiro atoms. The molecule has 2 heterocycles. The molecule has 2 N–H and O–H groups in total. The molecule has 30 heavy (non-hydrogen) atoms. The second-order valence-corrected chi connectivity index (χ2v) is 9.12. The first-order chi connectivity index (χ1) is 13.7. The number of hydrogen-bond acceptors (Lipinski definition) is 4. The van der Waals surface area contributed by atoms with Gasteiger partial charge in [-0.15, -0.1) is 0 Å². The summed E-state index contributed by atoms with van der Waals surface area (Å²) in [5, 5.41) is 2.25. The van der Waals surface area contributed by atoms with Crippen molar-refractivity contribution in [1.82, 2.24) is 9.29 Å². The molecule has 1 aromatic carbocycles. The number of amides is 1. The van der Waals surface area contributed by atoms with Gasteiger partial charge < -0.3 is 14.6 Å². The Bertz CT molecular complexity index is 1110. The molecule has 1 aliphatic rings. The third-order valence-electron chi connectivity index (χ3n) is 4.56. The molecule has 12 heteroatoms. The Morgan fingerprint density at radius 3 is 2.40 bits per heavy atom. The molecule has 7 nitrogen and oxygen atoms in total. The Hall–Kier alpha value is -2.44. The molecule has 1 aromatic heterocycles. The van der Waals surface area contributed by atoms with Crippen LogP contribution in [0.15, 0.2) is 29.3 Å². The Morgan fingerprint density at radius 1 is 1.23 bits per heavy atom. The Kier molecular flexibility index (Phi) is 5.46. The van der Waals surface area contributed by atoms with Crippen molar-refractivity contribution in [2.75, 3.05) is 18.5 Å². The van der Waals surface area contributed by atoms with Gasteiger partial charge in [-0.3, -0.25) is 4.79 Å². The number of hydrogen-bond donors (Lipinski definition) is 2. The van der Waals surface area contributed by atoms with E-state index in [0.717, 1.165) is 19.1 Å². The number of halogens is 4. The summed E-state index contributed by atoms with van der Waals surface area (Å²) in [6.07, 6.45) is -3.73. The molecule has 0 radical (unpaired) electrons. The van der Waals surface area contributed by atoms with E-state index in [1.54, 1.807) is 6.92 Å². The van der Waals surface area contributed by atoms with Gasteiger partial charge in [0.05, 0.1) is 24.3 Å². The van der Waals surface area contributed by atoms with E-state index < -0.39 is 39.0 Å². The highest BCUT2D eigenvalue weighted by atomic mass is 32.2. The van der Waals surface area contributed by atoms with E-state index in [1.165, 1.54) is 17.8 Å². The van der Waals surface area contributed by atoms with Crippen molar-refractivity contribution in [3.63, 3.8) is 0 Å². The lowest BCUT2D eigenvalue weighted by Gasteiger charge is -2.38. The Morgan fingerprint density at radius 2 is 1.87 bits per heavy atom. The van der Waals surface area contributed by atoms with Crippen molar-refractivity contribution < 1.29 is 35.5 Å². The number of nitrogens with zero attached hydrogens (tertiary/aromatic N) is 1. The number of sulfonamides is 1. The normalized spacial score (nSPS) is 16.2. The number of nitrogens with one attached hydrogen (secondary N) is 2. The van der Waals surface area contributed by atoms with Gasteiger partial charge in [0.15, 0.2) is 0 Å². The van der Waals surface area contributed by atoms with E-state index >= 15 is 0 Å². The predicted octanol–water partition coefficient (Wildman–Crippen LogP) is 2.81. The maximum Gasteiger partial charge on any atom is 0.419 e. The Balaban J connectivity index is 1.86. The second kappa shape index (κ2) is 7.36. The highest BCUT2D eigenvalue weighted by molar-refractivity contribution is 7.89. The second-order valence-electron chi connectivity index (χ2n) is 7.44. The molecule has 1 aliphatic heterocycles. The van der Waals surface area contributed by atoms with Crippen LogP contribution in [-0.2, 0) is 28.0 Å². The lowest BCUT2D eigenvalue weighted by atomic mass is 10.0. The summed E-state index contributed by atoms with van der Waals surface area (Å²) in [5.41, 5.74) is -2.94. The average Bonchev–Trinajstić information content (AvgIpc) is 2.98. The first kappa shape index (κ1) is 22.2. The van der Waals surface area contributed by atoms with E-state index in [0.29, 0.717) is 6.07 Å². The first-order valence-corrected chi connectivity index (χ1v) is 10.2. The van der Waals surface area contributed by atoms with E-state index in [9.17, 15) is 30.8 Å². The van der Waals surface area contributed by atoms with Crippen LogP contribution in [-0.4, -0.2) is 37.6 Å². The molecule has 1 saturated heterocycles.